The van der Waals surface area contributed by atoms with Gasteiger partial charge in [0.15, 0.2) is 5.84 Å². The first-order valence-electron chi connectivity index (χ1n) is 6.00. The second-order valence-electron chi connectivity index (χ2n) is 4.62. The number of nitrogens with two attached hydrogens (primary N) is 1. The molecule has 1 aromatic rings. The zero-order valence-corrected chi connectivity index (χ0v) is 10.2. The van der Waals surface area contributed by atoms with Crippen LogP contribution in [0.2, 0.25) is 0 Å². The average Bonchev–Trinajstić information content (AvgIpc) is 2.77. The van der Waals surface area contributed by atoms with Gasteiger partial charge in [-0.1, -0.05) is 5.16 Å². The van der Waals surface area contributed by atoms with Crippen LogP contribution in [0, 0.1) is 5.92 Å². The third-order valence-corrected chi connectivity index (χ3v) is 3.36. The monoisotopic (exact) mass is 276 g/mol. The highest BCUT2D eigenvalue weighted by molar-refractivity contribution is 5.82. The Morgan fingerprint density at radius 3 is 2.79 bits per heavy atom. The Morgan fingerprint density at radius 1 is 1.47 bits per heavy atom. The van der Waals surface area contributed by atoms with Crippen molar-refractivity contribution in [1.82, 2.24) is 9.55 Å². The zero-order valence-electron chi connectivity index (χ0n) is 10.2. The van der Waals surface area contributed by atoms with E-state index in [9.17, 15) is 13.2 Å². The number of fused-ring (bicyclic) bond motifs is 1. The van der Waals surface area contributed by atoms with Gasteiger partial charge in [0.25, 0.3) is 0 Å². The summed E-state index contributed by atoms with van der Waals surface area (Å²) in [5.41, 5.74) is 6.82. The zero-order chi connectivity index (χ0) is 14.0. The van der Waals surface area contributed by atoms with E-state index in [-0.39, 0.29) is 0 Å². The summed E-state index contributed by atoms with van der Waals surface area (Å²) in [6.07, 6.45) is 0.312. The van der Waals surface area contributed by atoms with Crippen LogP contribution in [0.25, 0.3) is 0 Å². The van der Waals surface area contributed by atoms with Crippen LogP contribution in [0.1, 0.15) is 24.2 Å². The summed E-state index contributed by atoms with van der Waals surface area (Å²) in [7, 11) is 0. The van der Waals surface area contributed by atoms with Crippen LogP contribution in [-0.2, 0) is 19.4 Å². The van der Waals surface area contributed by atoms with Crippen LogP contribution >= 0.6 is 0 Å². The first kappa shape index (κ1) is 13.7. The Labute approximate surface area is 107 Å². The average molecular weight is 276 g/mol. The standard InChI is InChI=1S/C11H15F3N4O/c12-11(13,14)7(10(15)17-19)5-18-6-16-8-3-1-2-4-9(8)18/h6-7,19H,1-5H2,(H2,15,17). The molecule has 0 bridgehead atoms. The lowest BCUT2D eigenvalue weighted by atomic mass is 10.0. The van der Waals surface area contributed by atoms with Crippen molar-refractivity contribution < 1.29 is 18.4 Å². The van der Waals surface area contributed by atoms with Gasteiger partial charge in [-0.05, 0) is 25.7 Å². The van der Waals surface area contributed by atoms with Crippen molar-refractivity contribution >= 4 is 5.84 Å². The molecule has 1 aromatic heterocycles. The first-order chi connectivity index (χ1) is 8.93. The van der Waals surface area contributed by atoms with Gasteiger partial charge in [0.2, 0.25) is 0 Å². The molecule has 0 saturated heterocycles. The fourth-order valence-electron chi connectivity index (χ4n) is 2.32. The van der Waals surface area contributed by atoms with Gasteiger partial charge in [-0.25, -0.2) is 4.98 Å². The van der Waals surface area contributed by atoms with Crippen LogP contribution in [0.4, 0.5) is 13.2 Å². The van der Waals surface area contributed by atoms with E-state index in [4.69, 9.17) is 10.9 Å². The van der Waals surface area contributed by atoms with Crippen LogP contribution in [0.5, 0.6) is 0 Å². The third kappa shape index (κ3) is 2.82. The smallest absolute Gasteiger partial charge is 0.400 e. The fourth-order valence-corrected chi connectivity index (χ4v) is 2.32. The minimum atomic E-state index is -4.55. The van der Waals surface area contributed by atoms with Crippen molar-refractivity contribution in [3.8, 4) is 0 Å². The van der Waals surface area contributed by atoms with Crippen LogP contribution in [-0.4, -0.2) is 26.8 Å². The highest BCUT2D eigenvalue weighted by atomic mass is 19.4. The molecule has 2 rings (SSSR count). The Morgan fingerprint density at radius 2 is 2.16 bits per heavy atom. The van der Waals surface area contributed by atoms with E-state index in [2.05, 4.69) is 10.1 Å². The van der Waals surface area contributed by atoms with E-state index in [1.165, 1.54) is 10.9 Å². The summed E-state index contributed by atoms with van der Waals surface area (Å²) in [6, 6.07) is 0. The normalized spacial score (nSPS) is 18.2. The molecule has 5 nitrogen and oxygen atoms in total. The Kier molecular flexibility index (Phi) is 3.68. The summed E-state index contributed by atoms with van der Waals surface area (Å²) in [6.45, 7) is -0.401. The highest BCUT2D eigenvalue weighted by Gasteiger charge is 2.43. The minimum Gasteiger partial charge on any atom is -0.409 e. The molecule has 0 spiro atoms. The number of aromatic nitrogens is 2. The summed E-state index contributed by atoms with van der Waals surface area (Å²) in [5, 5.41) is 11.0. The van der Waals surface area contributed by atoms with E-state index in [0.29, 0.717) is 0 Å². The molecule has 1 aliphatic rings. The van der Waals surface area contributed by atoms with Crippen LogP contribution in [0.15, 0.2) is 11.5 Å². The number of imidazole rings is 1. The summed E-state index contributed by atoms with van der Waals surface area (Å²) >= 11 is 0. The third-order valence-electron chi connectivity index (χ3n) is 3.36. The lowest BCUT2D eigenvalue weighted by molar-refractivity contribution is -0.159. The quantitative estimate of drug-likeness (QED) is 0.382. The summed E-state index contributed by atoms with van der Waals surface area (Å²) < 4.78 is 40.1. The minimum absolute atomic E-state index is 0.401. The molecular formula is C11H15F3N4O. The van der Waals surface area contributed by atoms with E-state index >= 15 is 0 Å². The van der Waals surface area contributed by atoms with Gasteiger partial charge in [-0.15, -0.1) is 0 Å². The SMILES string of the molecule is NC(=NO)C(Cn1cnc2c1CCCC2)C(F)(F)F. The molecule has 0 aromatic carbocycles. The van der Waals surface area contributed by atoms with Gasteiger partial charge in [-0.2, -0.15) is 13.2 Å². The largest absolute Gasteiger partial charge is 0.409 e. The topological polar surface area (TPSA) is 76.4 Å². The Balaban J connectivity index is 2.25. The van der Waals surface area contributed by atoms with Gasteiger partial charge in [0.1, 0.15) is 5.92 Å². The van der Waals surface area contributed by atoms with Crippen molar-refractivity contribution in [3.63, 3.8) is 0 Å². The van der Waals surface area contributed by atoms with Gasteiger partial charge in [0, 0.05) is 12.2 Å². The van der Waals surface area contributed by atoms with Gasteiger partial charge >= 0.3 is 6.18 Å². The molecule has 1 heterocycles. The summed E-state index contributed by atoms with van der Waals surface area (Å²) in [5.74, 6) is -2.83. The number of nitrogens with zero attached hydrogens (tertiary/aromatic N) is 3. The number of oxime groups is 1. The second-order valence-corrected chi connectivity index (χ2v) is 4.62. The Hall–Kier alpha value is -1.73. The van der Waals surface area contributed by atoms with Gasteiger partial charge in [0.05, 0.1) is 12.0 Å². The van der Waals surface area contributed by atoms with E-state index in [1.54, 1.807) is 0 Å². The number of rotatable bonds is 3. The number of amidine groups is 1. The predicted molar refractivity (Wildman–Crippen MR) is 61.8 cm³/mol. The van der Waals surface area contributed by atoms with Gasteiger partial charge < -0.3 is 15.5 Å². The molecule has 0 amide bonds. The molecule has 106 valence electrons. The molecule has 0 fully saturated rings. The molecular weight excluding hydrogens is 261 g/mol. The molecule has 8 heteroatoms. The van der Waals surface area contributed by atoms with Crippen LogP contribution < -0.4 is 5.73 Å². The number of hydrogen-bond donors (Lipinski definition) is 2. The number of aryl methyl sites for hydroxylation is 1. The molecule has 19 heavy (non-hydrogen) atoms. The number of alkyl halides is 3. The second kappa shape index (κ2) is 5.10. The molecule has 0 radical (unpaired) electrons. The fraction of sp³-hybridized carbons (Fsp3) is 0.636. The maximum Gasteiger partial charge on any atom is 0.400 e. The molecule has 1 unspecified atom stereocenters. The number of hydrogen-bond acceptors (Lipinski definition) is 3. The molecule has 0 aliphatic heterocycles. The lowest BCUT2D eigenvalue weighted by Gasteiger charge is -2.21. The number of halogens is 3. The Bertz CT molecular complexity index is 481. The first-order valence-corrected chi connectivity index (χ1v) is 6.00. The molecule has 1 aliphatic carbocycles. The predicted octanol–water partition coefficient (Wildman–Crippen LogP) is 1.69. The van der Waals surface area contributed by atoms with E-state index < -0.39 is 24.5 Å². The van der Waals surface area contributed by atoms with Crippen molar-refractivity contribution in [3.05, 3.63) is 17.7 Å². The van der Waals surface area contributed by atoms with E-state index in [0.717, 1.165) is 37.1 Å². The van der Waals surface area contributed by atoms with Crippen molar-refractivity contribution in [1.29, 1.82) is 0 Å². The van der Waals surface area contributed by atoms with Crippen molar-refractivity contribution in [2.45, 2.75) is 38.4 Å². The molecule has 1 atom stereocenters. The highest BCUT2D eigenvalue weighted by Crippen LogP contribution is 2.29. The maximum atomic E-state index is 12.9. The summed E-state index contributed by atoms with van der Waals surface area (Å²) in [4.78, 5) is 4.13. The van der Waals surface area contributed by atoms with Crippen molar-refractivity contribution in [2.24, 2.45) is 16.8 Å². The molecule has 0 saturated carbocycles. The maximum absolute atomic E-state index is 12.9. The van der Waals surface area contributed by atoms with Crippen LogP contribution in [0.3, 0.4) is 0 Å². The van der Waals surface area contributed by atoms with Gasteiger partial charge in [-0.3, -0.25) is 0 Å². The van der Waals surface area contributed by atoms with E-state index in [1.807, 2.05) is 0 Å². The van der Waals surface area contributed by atoms with Crippen molar-refractivity contribution in [2.75, 3.05) is 0 Å². The lowest BCUT2D eigenvalue weighted by Crippen LogP contribution is -2.39. The molecule has 3 N–H and O–H groups in total.